The molecule has 2 nitrogen and oxygen atoms in total. The van der Waals surface area contributed by atoms with E-state index in [2.05, 4.69) is 31.2 Å². The smallest absolute Gasteiger partial charge is 0.309 e. The maximum atomic E-state index is 11.0. The predicted octanol–water partition coefficient (Wildman–Crippen LogP) is 2.79. The standard InChI is InChI=1S/C14H16O2/c1-10-3-2-4-11(5-10)6-13-7-14(8-13,9-13)12(15)16/h2-5H,6-9H2,1H3,(H,15,16). The Morgan fingerprint density at radius 1 is 1.38 bits per heavy atom. The number of aliphatic carboxylic acids is 1. The molecule has 3 fully saturated rings. The van der Waals surface area contributed by atoms with E-state index in [1.807, 2.05) is 0 Å². The lowest BCUT2D eigenvalue weighted by molar-refractivity contribution is -0.222. The van der Waals surface area contributed by atoms with E-state index in [1.165, 1.54) is 11.1 Å². The molecular formula is C14H16O2. The zero-order valence-corrected chi connectivity index (χ0v) is 9.49. The Hall–Kier alpha value is -1.31. The number of rotatable bonds is 3. The van der Waals surface area contributed by atoms with Crippen LogP contribution < -0.4 is 0 Å². The second-order valence-electron chi connectivity index (χ2n) is 5.78. The van der Waals surface area contributed by atoms with Crippen molar-refractivity contribution in [2.45, 2.75) is 32.6 Å². The van der Waals surface area contributed by atoms with Crippen LogP contribution in [0.1, 0.15) is 30.4 Å². The summed E-state index contributed by atoms with van der Waals surface area (Å²) in [5.74, 6) is -0.585. The highest BCUT2D eigenvalue weighted by Gasteiger charge is 2.71. The molecule has 2 heteroatoms. The van der Waals surface area contributed by atoms with Gasteiger partial charge in [-0.05, 0) is 43.6 Å². The van der Waals surface area contributed by atoms with Crippen molar-refractivity contribution in [1.82, 2.24) is 0 Å². The van der Waals surface area contributed by atoms with Gasteiger partial charge in [-0.2, -0.15) is 0 Å². The summed E-state index contributed by atoms with van der Waals surface area (Å²) in [5.41, 5.74) is 2.64. The van der Waals surface area contributed by atoms with Crippen LogP contribution in [-0.2, 0) is 11.2 Å². The molecule has 1 N–H and O–H groups in total. The molecule has 16 heavy (non-hydrogen) atoms. The van der Waals surface area contributed by atoms with Crippen molar-refractivity contribution >= 4 is 5.97 Å². The van der Waals surface area contributed by atoms with Crippen LogP contribution >= 0.6 is 0 Å². The molecule has 0 aromatic heterocycles. The molecule has 4 rings (SSSR count). The molecule has 0 aliphatic heterocycles. The van der Waals surface area contributed by atoms with Crippen LogP contribution in [0.25, 0.3) is 0 Å². The molecule has 3 aliphatic carbocycles. The van der Waals surface area contributed by atoms with Crippen LogP contribution in [0.5, 0.6) is 0 Å². The van der Waals surface area contributed by atoms with Crippen LogP contribution in [-0.4, -0.2) is 11.1 Å². The van der Waals surface area contributed by atoms with Gasteiger partial charge < -0.3 is 5.11 Å². The Labute approximate surface area is 95.3 Å². The van der Waals surface area contributed by atoms with E-state index < -0.39 is 5.97 Å². The summed E-state index contributed by atoms with van der Waals surface area (Å²) in [6.07, 6.45) is 3.74. The van der Waals surface area contributed by atoms with Crippen LogP contribution in [0.15, 0.2) is 24.3 Å². The van der Waals surface area contributed by atoms with Crippen molar-refractivity contribution in [2.24, 2.45) is 10.8 Å². The highest BCUT2D eigenvalue weighted by Crippen LogP contribution is 2.74. The van der Waals surface area contributed by atoms with E-state index in [-0.39, 0.29) is 5.41 Å². The summed E-state index contributed by atoms with van der Waals surface area (Å²) in [6, 6.07) is 8.56. The van der Waals surface area contributed by atoms with Gasteiger partial charge >= 0.3 is 5.97 Å². The van der Waals surface area contributed by atoms with Gasteiger partial charge in [0.05, 0.1) is 5.41 Å². The molecule has 0 amide bonds. The van der Waals surface area contributed by atoms with E-state index >= 15 is 0 Å². The lowest BCUT2D eigenvalue weighted by atomic mass is 9.34. The monoisotopic (exact) mass is 216 g/mol. The van der Waals surface area contributed by atoms with Gasteiger partial charge in [0.15, 0.2) is 0 Å². The van der Waals surface area contributed by atoms with Crippen LogP contribution in [0.2, 0.25) is 0 Å². The highest BCUT2D eigenvalue weighted by atomic mass is 16.4. The average molecular weight is 216 g/mol. The maximum Gasteiger partial charge on any atom is 0.309 e. The lowest BCUT2D eigenvalue weighted by Gasteiger charge is -2.68. The van der Waals surface area contributed by atoms with Crippen molar-refractivity contribution in [2.75, 3.05) is 0 Å². The Morgan fingerprint density at radius 2 is 2.06 bits per heavy atom. The molecule has 1 aromatic carbocycles. The van der Waals surface area contributed by atoms with E-state index in [4.69, 9.17) is 5.11 Å². The van der Waals surface area contributed by atoms with Gasteiger partial charge in [-0.3, -0.25) is 4.79 Å². The fraction of sp³-hybridized carbons (Fsp3) is 0.500. The lowest BCUT2D eigenvalue weighted by Crippen LogP contribution is -2.66. The number of hydrogen-bond donors (Lipinski definition) is 1. The molecule has 0 radical (unpaired) electrons. The highest BCUT2D eigenvalue weighted by molar-refractivity contribution is 5.79. The fourth-order valence-electron chi connectivity index (χ4n) is 3.67. The molecule has 3 saturated carbocycles. The number of benzene rings is 1. The van der Waals surface area contributed by atoms with Gasteiger partial charge in [0.1, 0.15) is 0 Å². The van der Waals surface area contributed by atoms with Gasteiger partial charge in [0.2, 0.25) is 0 Å². The van der Waals surface area contributed by atoms with Crippen molar-refractivity contribution in [3.63, 3.8) is 0 Å². The molecule has 0 unspecified atom stereocenters. The van der Waals surface area contributed by atoms with E-state index in [1.54, 1.807) is 0 Å². The third-order valence-corrected chi connectivity index (χ3v) is 4.26. The second kappa shape index (κ2) is 2.88. The largest absolute Gasteiger partial charge is 0.481 e. The predicted molar refractivity (Wildman–Crippen MR) is 61.2 cm³/mol. The van der Waals surface area contributed by atoms with E-state index in [0.717, 1.165) is 25.7 Å². The summed E-state index contributed by atoms with van der Waals surface area (Å²) in [7, 11) is 0. The third kappa shape index (κ3) is 1.22. The van der Waals surface area contributed by atoms with E-state index in [0.29, 0.717) is 5.41 Å². The minimum absolute atomic E-state index is 0.326. The number of carboxylic acid groups (broad SMARTS) is 1. The molecular weight excluding hydrogens is 200 g/mol. The van der Waals surface area contributed by atoms with Gasteiger partial charge in [-0.1, -0.05) is 29.8 Å². The zero-order chi connectivity index (χ0) is 11.4. The molecule has 3 aliphatic rings. The molecule has 84 valence electrons. The van der Waals surface area contributed by atoms with Crippen LogP contribution in [0.3, 0.4) is 0 Å². The summed E-state index contributed by atoms with van der Waals surface area (Å²) in [4.78, 5) is 11.0. The molecule has 0 spiro atoms. The second-order valence-corrected chi connectivity index (χ2v) is 5.78. The first-order valence-corrected chi connectivity index (χ1v) is 5.83. The zero-order valence-electron chi connectivity index (χ0n) is 9.49. The van der Waals surface area contributed by atoms with Crippen molar-refractivity contribution in [3.05, 3.63) is 35.4 Å². The summed E-state index contributed by atoms with van der Waals surface area (Å²) in [5, 5.41) is 9.06. The third-order valence-electron chi connectivity index (χ3n) is 4.26. The first-order valence-electron chi connectivity index (χ1n) is 5.83. The van der Waals surface area contributed by atoms with Crippen LogP contribution in [0.4, 0.5) is 0 Å². The molecule has 0 saturated heterocycles. The van der Waals surface area contributed by atoms with Gasteiger partial charge in [-0.15, -0.1) is 0 Å². The molecule has 1 aromatic rings. The molecule has 0 atom stereocenters. The molecule has 0 heterocycles. The minimum Gasteiger partial charge on any atom is -0.481 e. The SMILES string of the molecule is Cc1cccc(CC23CC(C(=O)O)(C2)C3)c1. The summed E-state index contributed by atoms with van der Waals surface area (Å²) >= 11 is 0. The first-order chi connectivity index (χ1) is 7.54. The topological polar surface area (TPSA) is 37.3 Å². The van der Waals surface area contributed by atoms with Crippen molar-refractivity contribution in [3.8, 4) is 0 Å². The van der Waals surface area contributed by atoms with Crippen LogP contribution in [0, 0.1) is 17.8 Å². The number of aryl methyl sites for hydroxylation is 1. The normalized spacial score (nSPS) is 35.1. The maximum absolute atomic E-state index is 11.0. The van der Waals surface area contributed by atoms with Gasteiger partial charge in [-0.25, -0.2) is 0 Å². The van der Waals surface area contributed by atoms with Gasteiger partial charge in [0, 0.05) is 0 Å². The quantitative estimate of drug-likeness (QED) is 0.843. The van der Waals surface area contributed by atoms with Crippen molar-refractivity contribution in [1.29, 1.82) is 0 Å². The van der Waals surface area contributed by atoms with Gasteiger partial charge in [0.25, 0.3) is 0 Å². The minimum atomic E-state index is -0.585. The van der Waals surface area contributed by atoms with E-state index in [9.17, 15) is 4.79 Å². The fourth-order valence-corrected chi connectivity index (χ4v) is 3.67. The van der Waals surface area contributed by atoms with Crippen molar-refractivity contribution < 1.29 is 9.90 Å². The Balaban J connectivity index is 1.69. The Kier molecular flexibility index (Phi) is 1.78. The summed E-state index contributed by atoms with van der Waals surface area (Å²) < 4.78 is 0. The number of carboxylic acids is 1. The molecule has 2 bridgehead atoms. The number of hydrogen-bond acceptors (Lipinski definition) is 1. The Bertz CT molecular complexity index is 442. The first kappa shape index (κ1) is 9.88. The number of carbonyl (C=O) groups is 1. The average Bonchev–Trinajstić information content (AvgIpc) is 2.08. The Morgan fingerprint density at radius 3 is 2.62 bits per heavy atom. The summed E-state index contributed by atoms with van der Waals surface area (Å²) in [6.45, 7) is 2.10.